The number of rotatable bonds is 7. The van der Waals surface area contributed by atoms with Crippen molar-refractivity contribution in [3.8, 4) is 0 Å². The van der Waals surface area contributed by atoms with Crippen LogP contribution < -0.4 is 0 Å². The maximum atomic E-state index is 9.03. The van der Waals surface area contributed by atoms with Crippen LogP contribution in [0.4, 0.5) is 0 Å². The maximum Gasteiger partial charge on any atom is 0.178 e. The third kappa shape index (κ3) is 7.94. The molecular formula is C8H18O4. The van der Waals surface area contributed by atoms with Gasteiger partial charge in [-0.2, -0.15) is 0 Å². The standard InChI is InChI=1S/C8H18O4/c1-7(2)5-11-6-8(10)12-4-3-9/h7-10H,3-6H2,1-2H3. The Hall–Kier alpha value is -0.160. The lowest BCUT2D eigenvalue weighted by atomic mass is 10.2. The van der Waals surface area contributed by atoms with Gasteiger partial charge < -0.3 is 19.7 Å². The summed E-state index contributed by atoms with van der Waals surface area (Å²) in [5.74, 6) is 0.454. The molecule has 12 heavy (non-hydrogen) atoms. The van der Waals surface area contributed by atoms with Gasteiger partial charge in [-0.05, 0) is 5.92 Å². The Labute approximate surface area is 73.1 Å². The first-order valence-corrected chi connectivity index (χ1v) is 4.15. The molecular weight excluding hydrogens is 160 g/mol. The van der Waals surface area contributed by atoms with Crippen molar-refractivity contribution in [2.45, 2.75) is 20.1 Å². The fourth-order valence-electron chi connectivity index (χ4n) is 0.641. The first kappa shape index (κ1) is 11.8. The van der Waals surface area contributed by atoms with E-state index >= 15 is 0 Å². The lowest BCUT2D eigenvalue weighted by molar-refractivity contribution is -0.144. The second kappa shape index (κ2) is 7.49. The second-order valence-electron chi connectivity index (χ2n) is 2.98. The van der Waals surface area contributed by atoms with Gasteiger partial charge in [-0.25, -0.2) is 0 Å². The summed E-state index contributed by atoms with van der Waals surface area (Å²) < 4.78 is 9.85. The minimum Gasteiger partial charge on any atom is -0.394 e. The molecule has 0 aliphatic rings. The van der Waals surface area contributed by atoms with Crippen LogP contribution in [0.2, 0.25) is 0 Å². The van der Waals surface area contributed by atoms with Crippen LogP contribution in [0.3, 0.4) is 0 Å². The molecule has 2 N–H and O–H groups in total. The summed E-state index contributed by atoms with van der Waals surface area (Å²) in [5.41, 5.74) is 0. The molecule has 0 saturated heterocycles. The Morgan fingerprint density at radius 3 is 2.42 bits per heavy atom. The third-order valence-corrected chi connectivity index (χ3v) is 1.11. The van der Waals surface area contributed by atoms with Crippen molar-refractivity contribution in [2.24, 2.45) is 5.92 Å². The Morgan fingerprint density at radius 2 is 1.92 bits per heavy atom. The van der Waals surface area contributed by atoms with Crippen molar-refractivity contribution in [1.29, 1.82) is 0 Å². The van der Waals surface area contributed by atoms with Crippen LogP contribution in [0.15, 0.2) is 0 Å². The van der Waals surface area contributed by atoms with E-state index < -0.39 is 6.29 Å². The van der Waals surface area contributed by atoms with Gasteiger partial charge in [-0.3, -0.25) is 0 Å². The molecule has 0 spiro atoms. The zero-order valence-electron chi connectivity index (χ0n) is 7.69. The average molecular weight is 178 g/mol. The van der Waals surface area contributed by atoms with Gasteiger partial charge in [-0.15, -0.1) is 0 Å². The quantitative estimate of drug-likeness (QED) is 0.538. The molecule has 1 atom stereocenters. The van der Waals surface area contributed by atoms with Gasteiger partial charge in [0.2, 0.25) is 0 Å². The van der Waals surface area contributed by atoms with E-state index in [1.165, 1.54) is 0 Å². The highest BCUT2D eigenvalue weighted by molar-refractivity contribution is 4.42. The molecule has 0 heterocycles. The second-order valence-corrected chi connectivity index (χ2v) is 2.98. The van der Waals surface area contributed by atoms with E-state index in [2.05, 4.69) is 0 Å². The summed E-state index contributed by atoms with van der Waals surface area (Å²) in [6.07, 6.45) is -0.920. The summed E-state index contributed by atoms with van der Waals surface area (Å²) in [6, 6.07) is 0. The fourth-order valence-corrected chi connectivity index (χ4v) is 0.641. The van der Waals surface area contributed by atoms with Gasteiger partial charge in [0.05, 0.1) is 19.8 Å². The molecule has 0 bridgehead atoms. The van der Waals surface area contributed by atoms with E-state index in [1.54, 1.807) is 0 Å². The van der Waals surface area contributed by atoms with Crippen LogP contribution in [-0.4, -0.2) is 42.9 Å². The lowest BCUT2D eigenvalue weighted by Gasteiger charge is -2.12. The molecule has 0 amide bonds. The van der Waals surface area contributed by atoms with Gasteiger partial charge in [0.25, 0.3) is 0 Å². The smallest absolute Gasteiger partial charge is 0.178 e. The summed E-state index contributed by atoms with van der Waals surface area (Å²) in [5, 5.41) is 17.4. The number of ether oxygens (including phenoxy) is 2. The molecule has 0 aromatic heterocycles. The van der Waals surface area contributed by atoms with Gasteiger partial charge in [-0.1, -0.05) is 13.8 Å². The molecule has 0 aromatic rings. The zero-order chi connectivity index (χ0) is 9.40. The highest BCUT2D eigenvalue weighted by Gasteiger charge is 2.03. The Morgan fingerprint density at radius 1 is 1.25 bits per heavy atom. The van der Waals surface area contributed by atoms with Crippen LogP contribution in [-0.2, 0) is 9.47 Å². The van der Waals surface area contributed by atoms with E-state index in [1.807, 2.05) is 13.8 Å². The van der Waals surface area contributed by atoms with Crippen LogP contribution in [0, 0.1) is 5.92 Å². The summed E-state index contributed by atoms with van der Waals surface area (Å²) in [4.78, 5) is 0. The van der Waals surface area contributed by atoms with E-state index in [9.17, 15) is 0 Å². The van der Waals surface area contributed by atoms with E-state index in [0.29, 0.717) is 12.5 Å². The Kier molecular flexibility index (Phi) is 7.39. The highest BCUT2D eigenvalue weighted by atomic mass is 16.6. The van der Waals surface area contributed by atoms with Gasteiger partial charge >= 0.3 is 0 Å². The van der Waals surface area contributed by atoms with Crippen molar-refractivity contribution in [3.05, 3.63) is 0 Å². The van der Waals surface area contributed by atoms with Gasteiger partial charge in [0, 0.05) is 6.61 Å². The molecule has 0 aromatic carbocycles. The van der Waals surface area contributed by atoms with E-state index in [-0.39, 0.29) is 19.8 Å². The number of aliphatic hydroxyl groups is 2. The topological polar surface area (TPSA) is 58.9 Å². The van der Waals surface area contributed by atoms with Crippen molar-refractivity contribution in [2.75, 3.05) is 26.4 Å². The van der Waals surface area contributed by atoms with Gasteiger partial charge in [0.15, 0.2) is 6.29 Å². The highest BCUT2D eigenvalue weighted by Crippen LogP contribution is 1.94. The fraction of sp³-hybridized carbons (Fsp3) is 1.00. The van der Waals surface area contributed by atoms with Crippen LogP contribution in [0.25, 0.3) is 0 Å². The van der Waals surface area contributed by atoms with Crippen molar-refractivity contribution in [3.63, 3.8) is 0 Å². The number of hydrogen-bond acceptors (Lipinski definition) is 4. The SMILES string of the molecule is CC(C)COCC(O)OCCO. The third-order valence-electron chi connectivity index (χ3n) is 1.11. The summed E-state index contributed by atoms with van der Waals surface area (Å²) in [6.45, 7) is 4.90. The van der Waals surface area contributed by atoms with Crippen molar-refractivity contribution >= 4 is 0 Å². The molecule has 0 aliphatic heterocycles. The monoisotopic (exact) mass is 178 g/mol. The molecule has 0 aliphatic carbocycles. The molecule has 1 unspecified atom stereocenters. The first-order chi connectivity index (χ1) is 5.66. The molecule has 74 valence electrons. The molecule has 4 heteroatoms. The zero-order valence-corrected chi connectivity index (χ0v) is 7.69. The van der Waals surface area contributed by atoms with Crippen molar-refractivity contribution in [1.82, 2.24) is 0 Å². The van der Waals surface area contributed by atoms with E-state index in [0.717, 1.165) is 0 Å². The van der Waals surface area contributed by atoms with E-state index in [4.69, 9.17) is 19.7 Å². The summed E-state index contributed by atoms with van der Waals surface area (Å²) >= 11 is 0. The van der Waals surface area contributed by atoms with Crippen LogP contribution in [0.1, 0.15) is 13.8 Å². The minimum atomic E-state index is -0.920. The largest absolute Gasteiger partial charge is 0.394 e. The van der Waals surface area contributed by atoms with Gasteiger partial charge in [0.1, 0.15) is 0 Å². The lowest BCUT2D eigenvalue weighted by Crippen LogP contribution is -2.22. The predicted molar refractivity (Wildman–Crippen MR) is 44.7 cm³/mol. The van der Waals surface area contributed by atoms with Crippen molar-refractivity contribution < 1.29 is 19.7 Å². The summed E-state index contributed by atoms with van der Waals surface area (Å²) in [7, 11) is 0. The maximum absolute atomic E-state index is 9.03. The Bertz CT molecular complexity index is 95.1. The number of aliphatic hydroxyl groups excluding tert-OH is 2. The predicted octanol–water partition coefficient (Wildman–Crippen LogP) is -0.0137. The van der Waals surface area contributed by atoms with Crippen LogP contribution >= 0.6 is 0 Å². The molecule has 0 saturated carbocycles. The minimum absolute atomic E-state index is 0.0821. The number of hydrogen-bond donors (Lipinski definition) is 2. The Balaban J connectivity index is 3.13. The average Bonchev–Trinajstić information content (AvgIpc) is 2.00. The molecule has 4 nitrogen and oxygen atoms in total. The normalized spacial score (nSPS) is 13.8. The molecule has 0 fully saturated rings. The first-order valence-electron chi connectivity index (χ1n) is 4.15. The molecule has 0 rings (SSSR count). The molecule has 0 radical (unpaired) electrons. The van der Waals surface area contributed by atoms with Crippen LogP contribution in [0.5, 0.6) is 0 Å².